The summed E-state index contributed by atoms with van der Waals surface area (Å²) in [5.41, 5.74) is 0.0248. The van der Waals surface area contributed by atoms with Crippen LogP contribution in [0.25, 0.3) is 0 Å². The third-order valence-electron chi connectivity index (χ3n) is 5.45. The van der Waals surface area contributed by atoms with Gasteiger partial charge in [0.25, 0.3) is 0 Å². The number of amides is 4. The first-order valence-electron chi connectivity index (χ1n) is 10.4. The maximum Gasteiger partial charge on any atom is 0.416 e. The molecular formula is C23H19ClF4N6O2. The van der Waals surface area contributed by atoms with Crippen LogP contribution >= 0.6 is 11.6 Å². The molecule has 188 valence electrons. The van der Waals surface area contributed by atoms with Crippen molar-refractivity contribution >= 4 is 52.2 Å². The third kappa shape index (κ3) is 4.98. The molecule has 0 fully saturated rings. The Morgan fingerprint density at radius 3 is 2.56 bits per heavy atom. The average Bonchev–Trinajstić information content (AvgIpc) is 2.82. The predicted molar refractivity (Wildman–Crippen MR) is 129 cm³/mol. The molecule has 0 atom stereocenters. The monoisotopic (exact) mass is 522 g/mol. The number of fused-ring (bicyclic) bond motifs is 1. The summed E-state index contributed by atoms with van der Waals surface area (Å²) in [7, 11) is 3.26. The number of aromatic nitrogens is 1. The first kappa shape index (κ1) is 25.0. The van der Waals surface area contributed by atoms with E-state index in [1.54, 1.807) is 26.4 Å². The first-order chi connectivity index (χ1) is 17.0. The van der Waals surface area contributed by atoms with Gasteiger partial charge in [-0.15, -0.1) is 0 Å². The zero-order valence-electron chi connectivity index (χ0n) is 18.9. The van der Waals surface area contributed by atoms with Gasteiger partial charge in [-0.05, 0) is 30.3 Å². The number of benzene rings is 2. The lowest BCUT2D eigenvalue weighted by molar-refractivity contribution is -0.137. The van der Waals surface area contributed by atoms with Crippen LogP contribution in [0.2, 0.25) is 5.02 Å². The van der Waals surface area contributed by atoms with Gasteiger partial charge in [0.05, 0.1) is 34.2 Å². The number of hydrogen-bond acceptors (Lipinski definition) is 4. The van der Waals surface area contributed by atoms with Crippen LogP contribution in [-0.4, -0.2) is 31.1 Å². The van der Waals surface area contributed by atoms with Crippen molar-refractivity contribution < 1.29 is 27.2 Å². The van der Waals surface area contributed by atoms with Crippen LogP contribution in [0.4, 0.5) is 55.7 Å². The van der Waals surface area contributed by atoms with Crippen molar-refractivity contribution in [1.82, 2.24) is 4.98 Å². The van der Waals surface area contributed by atoms with Crippen LogP contribution in [-0.2, 0) is 12.7 Å². The van der Waals surface area contributed by atoms with E-state index in [2.05, 4.69) is 20.9 Å². The topological polar surface area (TPSA) is 89.6 Å². The van der Waals surface area contributed by atoms with E-state index in [0.717, 1.165) is 24.3 Å². The van der Waals surface area contributed by atoms with Crippen molar-refractivity contribution in [3.05, 3.63) is 70.6 Å². The number of carbonyl (C=O) groups excluding carboxylic acids is 2. The van der Waals surface area contributed by atoms with Crippen molar-refractivity contribution in [2.75, 3.05) is 39.8 Å². The van der Waals surface area contributed by atoms with E-state index in [0.29, 0.717) is 17.1 Å². The number of nitrogens with zero attached hydrogens (tertiary/aromatic N) is 3. The molecule has 2 heterocycles. The lowest BCUT2D eigenvalue weighted by atomic mass is 10.1. The second kappa shape index (κ2) is 9.53. The highest BCUT2D eigenvalue weighted by atomic mass is 35.5. The molecule has 0 bridgehead atoms. The Hall–Kier alpha value is -4.06. The smallest absolute Gasteiger partial charge is 0.373 e. The van der Waals surface area contributed by atoms with E-state index in [1.165, 1.54) is 21.9 Å². The molecule has 4 rings (SSSR count). The lowest BCUT2D eigenvalue weighted by Crippen LogP contribution is -2.45. The molecule has 0 aliphatic carbocycles. The fourth-order valence-electron chi connectivity index (χ4n) is 3.65. The Morgan fingerprint density at radius 1 is 1.11 bits per heavy atom. The van der Waals surface area contributed by atoms with Crippen LogP contribution < -0.4 is 25.8 Å². The molecule has 3 N–H and O–H groups in total. The maximum atomic E-state index is 14.6. The number of halogens is 5. The zero-order chi connectivity index (χ0) is 26.2. The summed E-state index contributed by atoms with van der Waals surface area (Å²) in [6.07, 6.45) is -3.00. The molecule has 1 aliphatic rings. The minimum atomic E-state index is -4.59. The van der Waals surface area contributed by atoms with Gasteiger partial charge in [-0.1, -0.05) is 17.7 Å². The second-order valence-corrected chi connectivity index (χ2v) is 8.22. The molecule has 8 nitrogen and oxygen atoms in total. The van der Waals surface area contributed by atoms with E-state index in [9.17, 15) is 27.2 Å². The summed E-state index contributed by atoms with van der Waals surface area (Å²) in [5, 5.41) is 7.29. The molecule has 0 radical (unpaired) electrons. The van der Waals surface area contributed by atoms with Crippen LogP contribution in [0, 0.1) is 5.82 Å². The fourth-order valence-corrected chi connectivity index (χ4v) is 3.90. The van der Waals surface area contributed by atoms with Gasteiger partial charge < -0.3 is 16.0 Å². The van der Waals surface area contributed by atoms with Crippen LogP contribution in [0.5, 0.6) is 0 Å². The number of hydrogen-bond donors (Lipinski definition) is 3. The highest BCUT2D eigenvalue weighted by Gasteiger charge is 2.32. The van der Waals surface area contributed by atoms with Gasteiger partial charge in [-0.3, -0.25) is 9.80 Å². The molecule has 13 heteroatoms. The maximum absolute atomic E-state index is 14.6. The first-order valence-corrected chi connectivity index (χ1v) is 10.8. The number of nitrogens with one attached hydrogen (secondary N) is 3. The number of alkyl halides is 3. The molecule has 0 unspecified atom stereocenters. The molecule has 36 heavy (non-hydrogen) atoms. The van der Waals surface area contributed by atoms with E-state index < -0.39 is 29.6 Å². The Balaban J connectivity index is 1.58. The van der Waals surface area contributed by atoms with Crippen molar-refractivity contribution in [2.45, 2.75) is 12.7 Å². The molecule has 3 aromatic rings. The van der Waals surface area contributed by atoms with Crippen LogP contribution in [0.15, 0.2) is 48.7 Å². The number of pyridine rings is 1. The van der Waals surface area contributed by atoms with Crippen molar-refractivity contribution in [3.63, 3.8) is 0 Å². The van der Waals surface area contributed by atoms with E-state index in [-0.39, 0.29) is 28.6 Å². The Morgan fingerprint density at radius 2 is 1.86 bits per heavy atom. The van der Waals surface area contributed by atoms with Gasteiger partial charge in [0, 0.05) is 37.6 Å². The summed E-state index contributed by atoms with van der Waals surface area (Å²) in [5.74, 6) is -0.332. The van der Waals surface area contributed by atoms with Gasteiger partial charge in [-0.25, -0.2) is 19.0 Å². The molecule has 0 saturated heterocycles. The molecular weight excluding hydrogens is 504 g/mol. The summed E-state index contributed by atoms with van der Waals surface area (Å²) in [6.45, 7) is 0.0801. The number of urea groups is 2. The molecule has 2 aromatic carbocycles. The van der Waals surface area contributed by atoms with Crippen molar-refractivity contribution in [1.29, 1.82) is 0 Å². The molecule has 1 aliphatic heterocycles. The second-order valence-electron chi connectivity index (χ2n) is 7.82. The molecule has 0 saturated carbocycles. The summed E-state index contributed by atoms with van der Waals surface area (Å²) >= 11 is 6.24. The molecule has 1 aromatic heterocycles. The standard InChI is InChI=1S/C23H19ClF4N6O2/c1-29-20-9-18-12(10-30-20)11-34(22(36)33(18)2)19-8-17(16(25)7-15(19)24)32-21(35)31-14-5-3-4-13(6-14)23(26,27)28/h3-10H,11H2,1-2H3,(H,29,30)(H2,31,32,35). The number of rotatable bonds is 4. The van der Waals surface area contributed by atoms with Gasteiger partial charge in [-0.2, -0.15) is 13.2 Å². The highest BCUT2D eigenvalue weighted by molar-refractivity contribution is 6.34. The third-order valence-corrected chi connectivity index (χ3v) is 5.75. The highest BCUT2D eigenvalue weighted by Crippen LogP contribution is 2.37. The summed E-state index contributed by atoms with van der Waals surface area (Å²) in [6, 6.07) is 6.36. The zero-order valence-corrected chi connectivity index (χ0v) is 19.6. The Labute approximate surface area is 207 Å². The van der Waals surface area contributed by atoms with E-state index >= 15 is 0 Å². The van der Waals surface area contributed by atoms with Crippen LogP contribution in [0.3, 0.4) is 0 Å². The fraction of sp³-hybridized carbons (Fsp3) is 0.174. The molecule has 4 amide bonds. The number of anilines is 5. The molecule has 0 spiro atoms. The quantitative estimate of drug-likeness (QED) is 0.358. The van der Waals surface area contributed by atoms with Crippen LogP contribution in [0.1, 0.15) is 11.1 Å². The van der Waals surface area contributed by atoms with Gasteiger partial charge in [0.15, 0.2) is 0 Å². The average molecular weight is 523 g/mol. The predicted octanol–water partition coefficient (Wildman–Crippen LogP) is 6.16. The van der Waals surface area contributed by atoms with Crippen molar-refractivity contribution in [3.8, 4) is 0 Å². The van der Waals surface area contributed by atoms with E-state index in [4.69, 9.17) is 11.6 Å². The SMILES string of the molecule is CNc1cc2c(cn1)CN(c1cc(NC(=O)Nc3cccc(C(F)(F)F)c3)c(F)cc1Cl)C(=O)N2C. The van der Waals surface area contributed by atoms with Crippen molar-refractivity contribution in [2.24, 2.45) is 0 Å². The van der Waals surface area contributed by atoms with Gasteiger partial charge >= 0.3 is 18.2 Å². The minimum absolute atomic E-state index is 0.0801. The summed E-state index contributed by atoms with van der Waals surface area (Å²) in [4.78, 5) is 32.4. The Kier molecular flexibility index (Phi) is 6.63. The lowest BCUT2D eigenvalue weighted by Gasteiger charge is -2.35. The summed E-state index contributed by atoms with van der Waals surface area (Å²) < 4.78 is 53.4. The minimum Gasteiger partial charge on any atom is -0.373 e. The largest absolute Gasteiger partial charge is 0.416 e. The normalized spacial score (nSPS) is 13.4. The Bertz CT molecular complexity index is 1350. The van der Waals surface area contributed by atoms with E-state index in [1.807, 2.05) is 0 Å². The van der Waals surface area contributed by atoms with Gasteiger partial charge in [0.2, 0.25) is 0 Å². The number of carbonyl (C=O) groups is 2. The van der Waals surface area contributed by atoms with Gasteiger partial charge in [0.1, 0.15) is 11.6 Å².